The van der Waals surface area contributed by atoms with Gasteiger partial charge in [-0.3, -0.25) is 0 Å². The largest absolute Gasteiger partial charge is 0.476 e. The van der Waals surface area contributed by atoms with Gasteiger partial charge in [-0.15, -0.1) is 0 Å². The van der Waals surface area contributed by atoms with Crippen molar-refractivity contribution in [1.29, 1.82) is 0 Å². The monoisotopic (exact) mass is 195 g/mol. The molecule has 0 spiro atoms. The molecule has 6 nitrogen and oxygen atoms in total. The lowest BCUT2D eigenvalue weighted by molar-refractivity contribution is 0.329. The van der Waals surface area contributed by atoms with Crippen LogP contribution in [0.1, 0.15) is 6.92 Å². The molecular formula is C8H13N5O. The Morgan fingerprint density at radius 2 is 2.36 bits per heavy atom. The van der Waals surface area contributed by atoms with Crippen molar-refractivity contribution in [2.75, 3.05) is 36.3 Å². The minimum Gasteiger partial charge on any atom is -0.476 e. The summed E-state index contributed by atoms with van der Waals surface area (Å²) in [5.41, 5.74) is 6.39. The number of anilines is 3. The second-order valence-corrected chi connectivity index (χ2v) is 3.05. The molecule has 1 aromatic heterocycles. The van der Waals surface area contributed by atoms with Crippen LogP contribution < -0.4 is 20.7 Å². The number of nitrogens with one attached hydrogen (secondary N) is 1. The zero-order valence-electron chi connectivity index (χ0n) is 8.24. The fourth-order valence-electron chi connectivity index (χ4n) is 1.39. The Hall–Kier alpha value is -1.72. The topological polar surface area (TPSA) is 76.3 Å². The lowest BCUT2D eigenvalue weighted by atomic mass is 10.4. The molecule has 0 radical (unpaired) electrons. The molecule has 2 rings (SSSR count). The van der Waals surface area contributed by atoms with Crippen molar-refractivity contribution in [3.05, 3.63) is 0 Å². The standard InChI is InChI=1S/C8H13N5O/c1-3-14-7-5-6(11-8(9)12-7)13(2)4-10-5/h10H,3-4H2,1-2H3,(H2,9,11,12). The highest BCUT2D eigenvalue weighted by atomic mass is 16.5. The van der Waals surface area contributed by atoms with Crippen molar-refractivity contribution in [3.63, 3.8) is 0 Å². The third-order valence-electron chi connectivity index (χ3n) is 2.01. The van der Waals surface area contributed by atoms with Crippen LogP contribution in [0.3, 0.4) is 0 Å². The van der Waals surface area contributed by atoms with E-state index in [0.29, 0.717) is 19.2 Å². The Morgan fingerprint density at radius 1 is 1.57 bits per heavy atom. The SMILES string of the molecule is CCOc1nc(N)nc2c1NCN2C. The highest BCUT2D eigenvalue weighted by molar-refractivity contribution is 5.76. The van der Waals surface area contributed by atoms with E-state index in [1.165, 1.54) is 0 Å². The number of ether oxygens (including phenoxy) is 1. The quantitative estimate of drug-likeness (QED) is 0.705. The molecule has 3 N–H and O–H groups in total. The summed E-state index contributed by atoms with van der Waals surface area (Å²) >= 11 is 0. The molecule has 76 valence electrons. The first-order chi connectivity index (χ1) is 6.72. The molecule has 0 amide bonds. The van der Waals surface area contributed by atoms with E-state index in [-0.39, 0.29) is 5.95 Å². The summed E-state index contributed by atoms with van der Waals surface area (Å²) in [6.45, 7) is 3.17. The van der Waals surface area contributed by atoms with Crippen LogP contribution in [0.25, 0.3) is 0 Å². The number of rotatable bonds is 2. The van der Waals surface area contributed by atoms with Gasteiger partial charge in [0, 0.05) is 7.05 Å². The molecule has 0 bridgehead atoms. The number of hydrogen-bond acceptors (Lipinski definition) is 6. The van der Waals surface area contributed by atoms with Crippen LogP contribution in [-0.2, 0) is 0 Å². The number of nitrogens with two attached hydrogens (primary N) is 1. The van der Waals surface area contributed by atoms with Gasteiger partial charge in [0.2, 0.25) is 11.8 Å². The number of fused-ring (bicyclic) bond motifs is 1. The summed E-state index contributed by atoms with van der Waals surface area (Å²) in [5.74, 6) is 1.56. The van der Waals surface area contributed by atoms with Crippen molar-refractivity contribution in [2.24, 2.45) is 0 Å². The fourth-order valence-corrected chi connectivity index (χ4v) is 1.39. The summed E-state index contributed by atoms with van der Waals surface area (Å²) in [6.07, 6.45) is 0. The third-order valence-corrected chi connectivity index (χ3v) is 2.01. The second kappa shape index (κ2) is 3.21. The van der Waals surface area contributed by atoms with Crippen LogP contribution >= 0.6 is 0 Å². The van der Waals surface area contributed by atoms with Gasteiger partial charge in [0.25, 0.3) is 0 Å². The van der Waals surface area contributed by atoms with Crippen molar-refractivity contribution >= 4 is 17.5 Å². The van der Waals surface area contributed by atoms with E-state index in [1.807, 2.05) is 18.9 Å². The number of aromatic nitrogens is 2. The van der Waals surface area contributed by atoms with E-state index < -0.39 is 0 Å². The summed E-state index contributed by atoms with van der Waals surface area (Å²) in [4.78, 5) is 10.1. The lowest BCUT2D eigenvalue weighted by Gasteiger charge is -2.10. The van der Waals surface area contributed by atoms with E-state index >= 15 is 0 Å². The molecule has 1 aliphatic heterocycles. The minimum absolute atomic E-state index is 0.239. The maximum atomic E-state index is 5.57. The van der Waals surface area contributed by atoms with Crippen LogP contribution in [0.15, 0.2) is 0 Å². The predicted molar refractivity (Wildman–Crippen MR) is 54.5 cm³/mol. The Morgan fingerprint density at radius 3 is 3.07 bits per heavy atom. The van der Waals surface area contributed by atoms with Gasteiger partial charge in [-0.25, -0.2) is 0 Å². The van der Waals surface area contributed by atoms with E-state index in [1.54, 1.807) is 0 Å². The molecule has 0 aromatic carbocycles. The molecule has 0 saturated heterocycles. The van der Waals surface area contributed by atoms with E-state index in [4.69, 9.17) is 10.5 Å². The molecule has 6 heteroatoms. The summed E-state index contributed by atoms with van der Waals surface area (Å²) < 4.78 is 5.36. The minimum atomic E-state index is 0.239. The molecule has 2 heterocycles. The molecule has 0 aliphatic carbocycles. The van der Waals surface area contributed by atoms with Gasteiger partial charge in [-0.05, 0) is 6.92 Å². The number of hydrogen-bond donors (Lipinski definition) is 2. The number of nitrogens with zero attached hydrogens (tertiary/aromatic N) is 3. The van der Waals surface area contributed by atoms with Gasteiger partial charge < -0.3 is 20.7 Å². The average Bonchev–Trinajstić information content (AvgIpc) is 2.49. The Kier molecular flexibility index (Phi) is 2.03. The zero-order valence-corrected chi connectivity index (χ0v) is 8.24. The highest BCUT2D eigenvalue weighted by Gasteiger charge is 2.22. The molecule has 0 saturated carbocycles. The smallest absolute Gasteiger partial charge is 0.244 e. The molecule has 1 aliphatic rings. The zero-order chi connectivity index (χ0) is 10.1. The Labute approximate surface area is 82.1 Å². The Balaban J connectivity index is 2.46. The van der Waals surface area contributed by atoms with Gasteiger partial charge >= 0.3 is 0 Å². The van der Waals surface area contributed by atoms with E-state index in [0.717, 1.165) is 11.5 Å². The lowest BCUT2D eigenvalue weighted by Crippen LogP contribution is -2.16. The van der Waals surface area contributed by atoms with E-state index in [9.17, 15) is 0 Å². The molecule has 0 fully saturated rings. The normalized spacial score (nSPS) is 13.7. The van der Waals surface area contributed by atoms with Gasteiger partial charge in [-0.2, -0.15) is 9.97 Å². The summed E-state index contributed by atoms with van der Waals surface area (Å²) in [5, 5.41) is 3.15. The van der Waals surface area contributed by atoms with Gasteiger partial charge in [0.05, 0.1) is 13.3 Å². The molecule has 1 aromatic rings. The maximum Gasteiger partial charge on any atom is 0.244 e. The molecule has 0 unspecified atom stereocenters. The first-order valence-electron chi connectivity index (χ1n) is 4.47. The molecule has 14 heavy (non-hydrogen) atoms. The van der Waals surface area contributed by atoms with Crippen LogP contribution in [0, 0.1) is 0 Å². The van der Waals surface area contributed by atoms with Crippen LogP contribution in [0.4, 0.5) is 17.5 Å². The second-order valence-electron chi connectivity index (χ2n) is 3.05. The summed E-state index contributed by atoms with van der Waals surface area (Å²) in [6, 6.07) is 0. The van der Waals surface area contributed by atoms with Crippen LogP contribution in [-0.4, -0.2) is 30.3 Å². The van der Waals surface area contributed by atoms with Crippen molar-refractivity contribution in [1.82, 2.24) is 9.97 Å². The molecular weight excluding hydrogens is 182 g/mol. The van der Waals surface area contributed by atoms with E-state index in [2.05, 4.69) is 15.3 Å². The fraction of sp³-hybridized carbons (Fsp3) is 0.500. The first-order valence-corrected chi connectivity index (χ1v) is 4.47. The van der Waals surface area contributed by atoms with Crippen LogP contribution in [0.5, 0.6) is 5.88 Å². The predicted octanol–water partition coefficient (Wildman–Crippen LogP) is 0.277. The first kappa shape index (κ1) is 8.86. The van der Waals surface area contributed by atoms with Gasteiger partial charge in [0.1, 0.15) is 5.69 Å². The van der Waals surface area contributed by atoms with Gasteiger partial charge in [-0.1, -0.05) is 0 Å². The van der Waals surface area contributed by atoms with Crippen molar-refractivity contribution in [3.8, 4) is 5.88 Å². The van der Waals surface area contributed by atoms with Crippen molar-refractivity contribution in [2.45, 2.75) is 6.92 Å². The number of nitrogen functional groups attached to an aromatic ring is 1. The summed E-state index contributed by atoms with van der Waals surface area (Å²) in [7, 11) is 1.93. The van der Waals surface area contributed by atoms with Crippen molar-refractivity contribution < 1.29 is 4.74 Å². The van der Waals surface area contributed by atoms with Gasteiger partial charge in [0.15, 0.2) is 5.82 Å². The average molecular weight is 195 g/mol. The maximum absolute atomic E-state index is 5.57. The highest BCUT2D eigenvalue weighted by Crippen LogP contribution is 2.35. The van der Waals surface area contributed by atoms with Crippen LogP contribution in [0.2, 0.25) is 0 Å². The Bertz CT molecular complexity index is 354. The molecule has 0 atom stereocenters. The third kappa shape index (κ3) is 1.28.